The van der Waals surface area contributed by atoms with Crippen LogP contribution in [0.4, 0.5) is 16.2 Å². The summed E-state index contributed by atoms with van der Waals surface area (Å²) in [5.74, 6) is 0. The van der Waals surface area contributed by atoms with Crippen LogP contribution in [0.2, 0.25) is 0 Å². The summed E-state index contributed by atoms with van der Waals surface area (Å²) in [4.78, 5) is 12.2. The molecule has 3 aromatic carbocycles. The molecule has 0 bridgehead atoms. The molecule has 0 unspecified atom stereocenters. The predicted octanol–water partition coefficient (Wildman–Crippen LogP) is 4.15. The normalized spacial score (nSPS) is 11.2. The Kier molecular flexibility index (Phi) is 6.08. The molecule has 3 aromatic rings. The summed E-state index contributed by atoms with van der Waals surface area (Å²) in [6, 6.07) is 24.1. The molecule has 0 radical (unpaired) electrons. The third-order valence-electron chi connectivity index (χ3n) is 4.10. The van der Waals surface area contributed by atoms with E-state index in [9.17, 15) is 13.2 Å². The van der Waals surface area contributed by atoms with E-state index in [1.54, 1.807) is 31.3 Å². The Morgan fingerprint density at radius 2 is 1.29 bits per heavy atom. The number of rotatable bonds is 6. The van der Waals surface area contributed by atoms with Gasteiger partial charge in [0.2, 0.25) is 10.0 Å². The minimum Gasteiger partial charge on any atom is -0.308 e. The van der Waals surface area contributed by atoms with Crippen molar-refractivity contribution in [2.24, 2.45) is 0 Å². The number of hydrogen-bond acceptors (Lipinski definition) is 3. The number of amides is 2. The largest absolute Gasteiger partial charge is 0.323 e. The first-order valence-corrected chi connectivity index (χ1v) is 10.1. The van der Waals surface area contributed by atoms with Gasteiger partial charge in [-0.05, 0) is 42.0 Å². The SMILES string of the molecule is CN(Cc1ccccc1)S(=O)(=O)c1ccc(NC(=O)Nc2ccccc2)cc1. The number of para-hydroxylation sites is 1. The molecule has 144 valence electrons. The molecule has 0 fully saturated rings. The fourth-order valence-electron chi connectivity index (χ4n) is 2.63. The maximum absolute atomic E-state index is 12.7. The lowest BCUT2D eigenvalue weighted by atomic mass is 10.2. The number of nitrogens with one attached hydrogen (secondary N) is 2. The highest BCUT2D eigenvalue weighted by molar-refractivity contribution is 7.89. The highest BCUT2D eigenvalue weighted by atomic mass is 32.2. The van der Waals surface area contributed by atoms with E-state index in [0.717, 1.165) is 5.56 Å². The van der Waals surface area contributed by atoms with Crippen LogP contribution in [-0.4, -0.2) is 25.8 Å². The second kappa shape index (κ2) is 8.69. The van der Waals surface area contributed by atoms with Gasteiger partial charge in [0, 0.05) is 25.0 Å². The Morgan fingerprint density at radius 1 is 0.786 bits per heavy atom. The predicted molar refractivity (Wildman–Crippen MR) is 111 cm³/mol. The Morgan fingerprint density at radius 3 is 1.86 bits per heavy atom. The fourth-order valence-corrected chi connectivity index (χ4v) is 3.79. The van der Waals surface area contributed by atoms with E-state index in [4.69, 9.17) is 0 Å². The Balaban J connectivity index is 1.65. The monoisotopic (exact) mass is 395 g/mol. The van der Waals surface area contributed by atoms with E-state index in [-0.39, 0.29) is 11.4 Å². The van der Waals surface area contributed by atoms with Gasteiger partial charge in [0.1, 0.15) is 0 Å². The van der Waals surface area contributed by atoms with E-state index < -0.39 is 16.1 Å². The van der Waals surface area contributed by atoms with Crippen LogP contribution in [0.15, 0.2) is 89.8 Å². The molecule has 28 heavy (non-hydrogen) atoms. The average molecular weight is 395 g/mol. The molecular weight excluding hydrogens is 374 g/mol. The van der Waals surface area contributed by atoms with Crippen molar-refractivity contribution in [1.82, 2.24) is 4.31 Å². The number of carbonyl (C=O) groups excluding carboxylic acids is 1. The van der Waals surface area contributed by atoms with Gasteiger partial charge in [0.25, 0.3) is 0 Å². The van der Waals surface area contributed by atoms with E-state index in [0.29, 0.717) is 11.4 Å². The average Bonchev–Trinajstić information content (AvgIpc) is 2.70. The van der Waals surface area contributed by atoms with Crippen molar-refractivity contribution in [1.29, 1.82) is 0 Å². The summed E-state index contributed by atoms with van der Waals surface area (Å²) < 4.78 is 26.8. The summed E-state index contributed by atoms with van der Waals surface area (Å²) in [7, 11) is -2.08. The first kappa shape index (κ1) is 19.6. The molecule has 0 aliphatic heterocycles. The number of nitrogens with zero attached hydrogens (tertiary/aromatic N) is 1. The molecule has 0 aromatic heterocycles. The van der Waals surface area contributed by atoms with Gasteiger partial charge >= 0.3 is 6.03 Å². The van der Waals surface area contributed by atoms with Gasteiger partial charge < -0.3 is 10.6 Å². The van der Waals surface area contributed by atoms with Crippen molar-refractivity contribution in [2.45, 2.75) is 11.4 Å². The smallest absolute Gasteiger partial charge is 0.308 e. The zero-order valence-corrected chi connectivity index (χ0v) is 16.2. The van der Waals surface area contributed by atoms with Crippen LogP contribution in [0, 0.1) is 0 Å². The van der Waals surface area contributed by atoms with Gasteiger partial charge in [0.05, 0.1) is 4.90 Å². The van der Waals surface area contributed by atoms with Gasteiger partial charge in [-0.3, -0.25) is 0 Å². The van der Waals surface area contributed by atoms with Gasteiger partial charge in [-0.25, -0.2) is 13.2 Å². The molecule has 0 aliphatic carbocycles. The zero-order valence-electron chi connectivity index (χ0n) is 15.4. The van der Waals surface area contributed by atoms with E-state index >= 15 is 0 Å². The Hall–Kier alpha value is -3.16. The van der Waals surface area contributed by atoms with Crippen LogP contribution in [0.3, 0.4) is 0 Å². The first-order valence-electron chi connectivity index (χ1n) is 8.68. The highest BCUT2D eigenvalue weighted by Crippen LogP contribution is 2.19. The van der Waals surface area contributed by atoms with Crippen LogP contribution in [0.25, 0.3) is 0 Å². The van der Waals surface area contributed by atoms with Crippen LogP contribution < -0.4 is 10.6 Å². The molecule has 7 heteroatoms. The standard InChI is InChI=1S/C21H21N3O3S/c1-24(16-17-8-4-2-5-9-17)28(26,27)20-14-12-19(13-15-20)23-21(25)22-18-10-6-3-7-11-18/h2-15H,16H2,1H3,(H2,22,23,25). The second-order valence-corrected chi connectivity index (χ2v) is 8.26. The minimum atomic E-state index is -3.63. The van der Waals surface area contributed by atoms with E-state index in [2.05, 4.69) is 10.6 Å². The lowest BCUT2D eigenvalue weighted by molar-refractivity contribution is 0.262. The lowest BCUT2D eigenvalue weighted by Crippen LogP contribution is -2.26. The summed E-state index contributed by atoms with van der Waals surface area (Å²) in [5, 5.41) is 5.38. The Bertz CT molecular complexity index is 1020. The van der Waals surface area contributed by atoms with Crippen molar-refractivity contribution in [3.05, 3.63) is 90.5 Å². The molecule has 0 saturated heterocycles. The molecule has 6 nitrogen and oxygen atoms in total. The summed E-state index contributed by atoms with van der Waals surface area (Å²) in [6.45, 7) is 0.280. The van der Waals surface area contributed by atoms with Crippen LogP contribution >= 0.6 is 0 Å². The number of anilines is 2. The van der Waals surface area contributed by atoms with E-state index in [1.165, 1.54) is 16.4 Å². The van der Waals surface area contributed by atoms with E-state index in [1.807, 2.05) is 48.5 Å². The summed E-state index contributed by atoms with van der Waals surface area (Å²) in [5.41, 5.74) is 2.07. The zero-order chi connectivity index (χ0) is 20.0. The number of urea groups is 1. The number of carbonyl (C=O) groups is 1. The maximum Gasteiger partial charge on any atom is 0.323 e. The highest BCUT2D eigenvalue weighted by Gasteiger charge is 2.20. The quantitative estimate of drug-likeness (QED) is 0.658. The van der Waals surface area contributed by atoms with Crippen LogP contribution in [0.1, 0.15) is 5.56 Å². The third kappa shape index (κ3) is 4.97. The van der Waals surface area contributed by atoms with Crippen molar-refractivity contribution >= 4 is 27.4 Å². The van der Waals surface area contributed by atoms with Crippen LogP contribution in [0.5, 0.6) is 0 Å². The molecule has 0 aliphatic rings. The molecule has 0 atom stereocenters. The van der Waals surface area contributed by atoms with Crippen molar-refractivity contribution < 1.29 is 13.2 Å². The van der Waals surface area contributed by atoms with Crippen molar-refractivity contribution in [3.8, 4) is 0 Å². The van der Waals surface area contributed by atoms with Crippen LogP contribution in [-0.2, 0) is 16.6 Å². The molecule has 0 heterocycles. The number of sulfonamides is 1. The first-order chi connectivity index (χ1) is 13.4. The van der Waals surface area contributed by atoms with Gasteiger partial charge in [-0.2, -0.15) is 4.31 Å². The molecule has 0 saturated carbocycles. The molecule has 3 rings (SSSR count). The van der Waals surface area contributed by atoms with Crippen molar-refractivity contribution in [3.63, 3.8) is 0 Å². The lowest BCUT2D eigenvalue weighted by Gasteiger charge is -2.17. The topological polar surface area (TPSA) is 78.5 Å². The van der Waals surface area contributed by atoms with Gasteiger partial charge in [-0.15, -0.1) is 0 Å². The summed E-state index contributed by atoms with van der Waals surface area (Å²) in [6.07, 6.45) is 0. The molecule has 2 amide bonds. The Labute approximate surface area is 164 Å². The molecule has 0 spiro atoms. The van der Waals surface area contributed by atoms with Gasteiger partial charge in [-0.1, -0.05) is 48.5 Å². The van der Waals surface area contributed by atoms with Crippen molar-refractivity contribution in [2.75, 3.05) is 17.7 Å². The molecule has 2 N–H and O–H groups in total. The molecular formula is C21H21N3O3S. The summed E-state index contributed by atoms with van der Waals surface area (Å²) >= 11 is 0. The van der Waals surface area contributed by atoms with Gasteiger partial charge in [0.15, 0.2) is 0 Å². The second-order valence-electron chi connectivity index (χ2n) is 6.22. The number of benzene rings is 3. The number of hydrogen-bond donors (Lipinski definition) is 2. The maximum atomic E-state index is 12.7. The minimum absolute atomic E-state index is 0.167. The third-order valence-corrected chi connectivity index (χ3v) is 5.92. The fraction of sp³-hybridized carbons (Fsp3) is 0.0952.